The Bertz CT molecular complexity index is 1430. The van der Waals surface area contributed by atoms with Crippen LogP contribution in [0.1, 0.15) is 0 Å². The first-order chi connectivity index (χ1) is 16.4. The van der Waals surface area contributed by atoms with Crippen LogP contribution in [0.15, 0.2) is 69.9 Å². The number of anilines is 1. The van der Waals surface area contributed by atoms with Crippen molar-refractivity contribution >= 4 is 45.8 Å². The van der Waals surface area contributed by atoms with Crippen molar-refractivity contribution in [3.8, 4) is 28.6 Å². The fourth-order valence-electron chi connectivity index (χ4n) is 3.35. The highest BCUT2D eigenvalue weighted by Crippen LogP contribution is 2.37. The van der Waals surface area contributed by atoms with Crippen LogP contribution in [0, 0.1) is 0 Å². The van der Waals surface area contributed by atoms with E-state index in [1.165, 1.54) is 20.3 Å². The molecule has 0 aliphatic heterocycles. The quantitative estimate of drug-likeness (QED) is 0.345. The summed E-state index contributed by atoms with van der Waals surface area (Å²) in [4.78, 5) is 25.8. The minimum absolute atomic E-state index is 0.135. The summed E-state index contributed by atoms with van der Waals surface area (Å²) in [6, 6.07) is 16.4. The zero-order chi connectivity index (χ0) is 24.2. The molecule has 0 saturated heterocycles. The minimum atomic E-state index is -0.480. The van der Waals surface area contributed by atoms with Gasteiger partial charge in [-0.1, -0.05) is 29.3 Å². The predicted octanol–water partition coefficient (Wildman–Crippen LogP) is 5.80. The number of rotatable bonds is 7. The molecule has 0 aliphatic carbocycles. The Labute approximate surface area is 204 Å². The first-order valence-corrected chi connectivity index (χ1v) is 10.8. The van der Waals surface area contributed by atoms with Gasteiger partial charge in [-0.2, -0.15) is 0 Å². The highest BCUT2D eigenvalue weighted by Gasteiger charge is 2.20. The van der Waals surface area contributed by atoms with E-state index in [2.05, 4.69) is 5.32 Å². The van der Waals surface area contributed by atoms with Crippen LogP contribution < -0.4 is 25.0 Å². The summed E-state index contributed by atoms with van der Waals surface area (Å²) in [6.07, 6.45) is 0. The van der Waals surface area contributed by atoms with Gasteiger partial charge in [0, 0.05) is 21.3 Å². The minimum Gasteiger partial charge on any atom is -0.493 e. The average Bonchev–Trinajstić information content (AvgIpc) is 2.83. The molecule has 1 amide bonds. The lowest BCUT2D eigenvalue weighted by atomic mass is 10.1. The molecule has 7 nitrogen and oxygen atoms in total. The van der Waals surface area contributed by atoms with Crippen LogP contribution in [0.2, 0.25) is 10.0 Å². The second-order valence-electron chi connectivity index (χ2n) is 7.15. The Morgan fingerprint density at radius 1 is 0.941 bits per heavy atom. The summed E-state index contributed by atoms with van der Waals surface area (Å²) in [5.74, 6) is 0.457. The number of carbonyl (C=O) groups is 1. The second-order valence-corrected chi connectivity index (χ2v) is 8.02. The van der Waals surface area contributed by atoms with Crippen molar-refractivity contribution in [1.82, 2.24) is 0 Å². The number of amides is 1. The van der Waals surface area contributed by atoms with Gasteiger partial charge < -0.3 is 23.9 Å². The highest BCUT2D eigenvalue weighted by molar-refractivity contribution is 6.31. The molecule has 1 aromatic heterocycles. The summed E-state index contributed by atoms with van der Waals surface area (Å²) < 4.78 is 22.4. The number of hydrogen-bond donors (Lipinski definition) is 1. The molecule has 0 radical (unpaired) electrons. The Morgan fingerprint density at radius 2 is 1.71 bits per heavy atom. The van der Waals surface area contributed by atoms with Crippen LogP contribution in [0.5, 0.6) is 17.2 Å². The van der Waals surface area contributed by atoms with E-state index in [1.807, 2.05) is 0 Å². The van der Waals surface area contributed by atoms with Gasteiger partial charge in [-0.05, 0) is 54.6 Å². The number of hydrogen-bond acceptors (Lipinski definition) is 6. The van der Waals surface area contributed by atoms with Gasteiger partial charge in [-0.15, -0.1) is 0 Å². The standard InChI is InChI=1S/C25H19Cl2NO6/c1-31-20-8-6-14(10-21(20)32-2)24-25(23(30)18-12-16(27)7-9-19(18)34-24)33-13-22(29)28-17-5-3-4-15(26)11-17/h3-12H,13H2,1-2H3,(H,28,29). The molecule has 4 rings (SSSR count). The molecular weight excluding hydrogens is 481 g/mol. The van der Waals surface area contributed by atoms with E-state index >= 15 is 0 Å². The van der Waals surface area contributed by atoms with Gasteiger partial charge in [0.2, 0.25) is 11.2 Å². The van der Waals surface area contributed by atoms with E-state index in [0.717, 1.165) is 0 Å². The molecule has 1 heterocycles. The van der Waals surface area contributed by atoms with Crippen LogP contribution >= 0.6 is 23.2 Å². The molecular formula is C25H19Cl2NO6. The molecule has 174 valence electrons. The predicted molar refractivity (Wildman–Crippen MR) is 132 cm³/mol. The number of ether oxygens (including phenoxy) is 3. The van der Waals surface area contributed by atoms with Crippen LogP contribution in [0.25, 0.3) is 22.3 Å². The van der Waals surface area contributed by atoms with Crippen molar-refractivity contribution < 1.29 is 23.4 Å². The van der Waals surface area contributed by atoms with Gasteiger partial charge in [0.25, 0.3) is 5.91 Å². The van der Waals surface area contributed by atoms with Crippen LogP contribution in [-0.4, -0.2) is 26.7 Å². The maximum absolute atomic E-state index is 13.3. The van der Waals surface area contributed by atoms with Crippen molar-refractivity contribution in [2.75, 3.05) is 26.1 Å². The zero-order valence-electron chi connectivity index (χ0n) is 18.2. The molecule has 0 atom stereocenters. The number of nitrogens with one attached hydrogen (secondary N) is 1. The third-order valence-corrected chi connectivity index (χ3v) is 5.38. The fourth-order valence-corrected chi connectivity index (χ4v) is 3.71. The zero-order valence-corrected chi connectivity index (χ0v) is 19.7. The van der Waals surface area contributed by atoms with Crippen LogP contribution in [-0.2, 0) is 4.79 Å². The molecule has 0 unspecified atom stereocenters. The molecule has 0 saturated carbocycles. The van der Waals surface area contributed by atoms with E-state index < -0.39 is 17.9 Å². The van der Waals surface area contributed by atoms with E-state index in [1.54, 1.807) is 54.6 Å². The first kappa shape index (κ1) is 23.5. The van der Waals surface area contributed by atoms with E-state index in [4.69, 9.17) is 41.8 Å². The topological polar surface area (TPSA) is 87.0 Å². The van der Waals surface area contributed by atoms with E-state index in [-0.39, 0.29) is 16.9 Å². The molecule has 0 spiro atoms. The number of benzene rings is 3. The van der Waals surface area contributed by atoms with Gasteiger partial charge in [0.15, 0.2) is 23.9 Å². The maximum Gasteiger partial charge on any atom is 0.262 e. The lowest BCUT2D eigenvalue weighted by Crippen LogP contribution is -2.22. The summed E-state index contributed by atoms with van der Waals surface area (Å²) in [5.41, 5.74) is 0.842. The van der Waals surface area contributed by atoms with Gasteiger partial charge in [-0.3, -0.25) is 9.59 Å². The molecule has 0 fully saturated rings. The van der Waals surface area contributed by atoms with Gasteiger partial charge in [0.05, 0.1) is 19.6 Å². The monoisotopic (exact) mass is 499 g/mol. The molecule has 9 heteroatoms. The molecule has 4 aromatic rings. The average molecular weight is 500 g/mol. The maximum atomic E-state index is 13.3. The third-order valence-electron chi connectivity index (χ3n) is 4.91. The van der Waals surface area contributed by atoms with Crippen LogP contribution in [0.3, 0.4) is 0 Å². The third kappa shape index (κ3) is 4.95. The number of methoxy groups -OCH3 is 2. The first-order valence-electron chi connectivity index (χ1n) is 10.1. The number of carbonyl (C=O) groups excluding carboxylic acids is 1. The Hall–Kier alpha value is -3.68. The number of fused-ring (bicyclic) bond motifs is 1. The van der Waals surface area contributed by atoms with Crippen molar-refractivity contribution in [2.45, 2.75) is 0 Å². The van der Waals surface area contributed by atoms with Crippen LogP contribution in [0.4, 0.5) is 5.69 Å². The number of halogens is 2. The van der Waals surface area contributed by atoms with Crippen molar-refractivity contribution in [3.63, 3.8) is 0 Å². The molecule has 1 N–H and O–H groups in total. The normalized spacial score (nSPS) is 10.7. The highest BCUT2D eigenvalue weighted by atomic mass is 35.5. The lowest BCUT2D eigenvalue weighted by Gasteiger charge is -2.14. The summed E-state index contributed by atoms with van der Waals surface area (Å²) in [5, 5.41) is 3.73. The van der Waals surface area contributed by atoms with Crippen molar-refractivity contribution in [1.29, 1.82) is 0 Å². The fraction of sp³-hybridized carbons (Fsp3) is 0.120. The SMILES string of the molecule is COc1ccc(-c2oc3ccc(Cl)cc3c(=O)c2OCC(=O)Nc2cccc(Cl)c2)cc1OC. The smallest absolute Gasteiger partial charge is 0.262 e. The lowest BCUT2D eigenvalue weighted by molar-refractivity contribution is -0.118. The van der Waals surface area contributed by atoms with Gasteiger partial charge in [-0.25, -0.2) is 0 Å². The van der Waals surface area contributed by atoms with E-state index in [0.29, 0.717) is 38.4 Å². The molecule has 0 aliphatic rings. The Morgan fingerprint density at radius 3 is 2.44 bits per heavy atom. The van der Waals surface area contributed by atoms with Crippen molar-refractivity contribution in [2.24, 2.45) is 0 Å². The molecule has 3 aromatic carbocycles. The summed E-state index contributed by atoms with van der Waals surface area (Å²) in [7, 11) is 3.02. The largest absolute Gasteiger partial charge is 0.493 e. The van der Waals surface area contributed by atoms with Gasteiger partial charge >= 0.3 is 0 Å². The molecule has 34 heavy (non-hydrogen) atoms. The Balaban J connectivity index is 1.74. The summed E-state index contributed by atoms with van der Waals surface area (Å²) in [6.45, 7) is -0.441. The van der Waals surface area contributed by atoms with Crippen molar-refractivity contribution in [3.05, 3.63) is 80.9 Å². The molecule has 0 bridgehead atoms. The Kier molecular flexibility index (Phi) is 6.95. The van der Waals surface area contributed by atoms with E-state index in [9.17, 15) is 9.59 Å². The summed E-state index contributed by atoms with van der Waals surface area (Å²) >= 11 is 12.0. The van der Waals surface area contributed by atoms with Gasteiger partial charge in [0.1, 0.15) is 5.58 Å². The second kappa shape index (κ2) is 10.1.